The molecule has 1 heterocycles. The van der Waals surface area contributed by atoms with Crippen molar-refractivity contribution in [1.29, 1.82) is 0 Å². The fraction of sp³-hybridized carbons (Fsp3) is 0.500. The summed E-state index contributed by atoms with van der Waals surface area (Å²) in [5.74, 6) is 1.60. The molecule has 2 aromatic rings. The van der Waals surface area contributed by atoms with E-state index < -0.39 is 15.4 Å². The molecule has 8 heteroatoms. The number of benzene rings is 2. The van der Waals surface area contributed by atoms with Crippen LogP contribution in [0, 0.1) is 18.3 Å². The van der Waals surface area contributed by atoms with Gasteiger partial charge in [-0.25, -0.2) is 8.42 Å². The molecule has 34 heavy (non-hydrogen) atoms. The van der Waals surface area contributed by atoms with Crippen LogP contribution < -0.4 is 19.1 Å². The summed E-state index contributed by atoms with van der Waals surface area (Å²) in [6.07, 6.45) is 1.73. The zero-order valence-electron chi connectivity index (χ0n) is 21.0. The molecular weight excluding hydrogens is 452 g/mol. The number of anilines is 2. The van der Waals surface area contributed by atoms with Gasteiger partial charge in [-0.05, 0) is 75.4 Å². The van der Waals surface area contributed by atoms with Crippen LogP contribution in [0.3, 0.4) is 0 Å². The maximum absolute atomic E-state index is 13.2. The molecule has 1 amide bonds. The van der Waals surface area contributed by atoms with E-state index in [1.807, 2.05) is 27.7 Å². The third kappa shape index (κ3) is 5.84. The Morgan fingerprint density at radius 2 is 1.91 bits per heavy atom. The zero-order chi connectivity index (χ0) is 25.1. The lowest BCUT2D eigenvalue weighted by atomic mass is 9.92. The van der Waals surface area contributed by atoms with Crippen LogP contribution >= 0.6 is 0 Å². The highest BCUT2D eigenvalue weighted by atomic mass is 32.2. The number of aryl methyl sites for hydroxylation is 1. The van der Waals surface area contributed by atoms with Gasteiger partial charge in [-0.2, -0.15) is 0 Å². The van der Waals surface area contributed by atoms with E-state index in [0.29, 0.717) is 41.9 Å². The third-order valence-electron chi connectivity index (χ3n) is 5.76. The van der Waals surface area contributed by atoms with Gasteiger partial charge in [-0.15, -0.1) is 0 Å². The standard InChI is InChI=1S/C26H36N2O5S/c1-7-14-32-23-11-9-21(15-19(23)4)34(30,31)27-20-8-10-22-24(16-20)33-17-26(5,6)25(29)28(22)13-12-18(2)3/h8-11,15-16,18,27H,7,12-14,17H2,1-6H3. The second-order valence-electron chi connectivity index (χ2n) is 9.88. The maximum atomic E-state index is 13.2. The average Bonchev–Trinajstić information content (AvgIpc) is 2.85. The molecule has 186 valence electrons. The lowest BCUT2D eigenvalue weighted by molar-refractivity contribution is -0.127. The van der Waals surface area contributed by atoms with Gasteiger partial charge in [0.15, 0.2) is 0 Å². The number of nitrogens with one attached hydrogen (secondary N) is 1. The van der Waals surface area contributed by atoms with Crippen molar-refractivity contribution in [3.05, 3.63) is 42.0 Å². The van der Waals surface area contributed by atoms with Crippen molar-refractivity contribution in [3.8, 4) is 11.5 Å². The summed E-state index contributed by atoms with van der Waals surface area (Å²) in [6, 6.07) is 9.88. The monoisotopic (exact) mass is 488 g/mol. The van der Waals surface area contributed by atoms with Crippen molar-refractivity contribution < 1.29 is 22.7 Å². The Morgan fingerprint density at radius 1 is 1.18 bits per heavy atom. The fourth-order valence-electron chi connectivity index (χ4n) is 3.70. The van der Waals surface area contributed by atoms with Crippen molar-refractivity contribution in [3.63, 3.8) is 0 Å². The number of sulfonamides is 1. The van der Waals surface area contributed by atoms with E-state index in [1.54, 1.807) is 35.2 Å². The van der Waals surface area contributed by atoms with E-state index in [2.05, 4.69) is 18.6 Å². The molecule has 3 rings (SSSR count). The van der Waals surface area contributed by atoms with Gasteiger partial charge in [0.1, 0.15) is 18.1 Å². The minimum absolute atomic E-state index is 0.00101. The first-order valence-electron chi connectivity index (χ1n) is 11.8. The first kappa shape index (κ1) is 25.9. The lowest BCUT2D eigenvalue weighted by Crippen LogP contribution is -2.42. The minimum Gasteiger partial charge on any atom is -0.493 e. The summed E-state index contributed by atoms with van der Waals surface area (Å²) in [6.45, 7) is 13.2. The third-order valence-corrected chi connectivity index (χ3v) is 7.14. The summed E-state index contributed by atoms with van der Waals surface area (Å²) in [4.78, 5) is 15.1. The van der Waals surface area contributed by atoms with Crippen molar-refractivity contribution in [2.24, 2.45) is 11.3 Å². The van der Waals surface area contributed by atoms with Gasteiger partial charge < -0.3 is 14.4 Å². The Bertz CT molecular complexity index is 1140. The minimum atomic E-state index is -3.82. The molecule has 0 atom stereocenters. The van der Waals surface area contributed by atoms with Crippen molar-refractivity contribution in [2.75, 3.05) is 29.4 Å². The first-order chi connectivity index (χ1) is 15.9. The SMILES string of the molecule is CCCOc1ccc(S(=O)(=O)Nc2ccc3c(c2)OCC(C)(C)C(=O)N3CCC(C)C)cc1C. The second kappa shape index (κ2) is 10.3. The quantitative estimate of drug-likeness (QED) is 0.512. The summed E-state index contributed by atoms with van der Waals surface area (Å²) >= 11 is 0. The number of rotatable bonds is 9. The van der Waals surface area contributed by atoms with Crippen molar-refractivity contribution >= 4 is 27.3 Å². The Kier molecular flexibility index (Phi) is 7.81. The predicted molar refractivity (Wildman–Crippen MR) is 135 cm³/mol. The number of nitrogens with zero attached hydrogens (tertiary/aromatic N) is 1. The van der Waals surface area contributed by atoms with Crippen LogP contribution in [0.5, 0.6) is 11.5 Å². The normalized spacial score (nSPS) is 15.5. The number of fused-ring (bicyclic) bond motifs is 1. The fourth-order valence-corrected chi connectivity index (χ4v) is 4.83. The molecule has 0 saturated heterocycles. The van der Waals surface area contributed by atoms with E-state index in [1.165, 1.54) is 6.07 Å². The van der Waals surface area contributed by atoms with E-state index >= 15 is 0 Å². The Hall–Kier alpha value is -2.74. The molecule has 0 bridgehead atoms. The summed E-state index contributed by atoms with van der Waals surface area (Å²) in [5, 5.41) is 0. The van der Waals surface area contributed by atoms with Gasteiger partial charge >= 0.3 is 0 Å². The molecule has 0 unspecified atom stereocenters. The highest BCUT2D eigenvalue weighted by Crippen LogP contribution is 2.39. The highest BCUT2D eigenvalue weighted by molar-refractivity contribution is 7.92. The van der Waals surface area contributed by atoms with Gasteiger partial charge in [0.2, 0.25) is 5.91 Å². The molecule has 2 aromatic carbocycles. The average molecular weight is 489 g/mol. The molecule has 0 fully saturated rings. The van der Waals surface area contributed by atoms with Gasteiger partial charge in [0.25, 0.3) is 10.0 Å². The van der Waals surface area contributed by atoms with E-state index in [4.69, 9.17) is 9.47 Å². The Balaban J connectivity index is 1.88. The van der Waals surface area contributed by atoms with Crippen LogP contribution in [0.2, 0.25) is 0 Å². The van der Waals surface area contributed by atoms with Gasteiger partial charge in [0.05, 0.1) is 28.3 Å². The molecule has 1 N–H and O–H groups in total. The number of carbonyl (C=O) groups is 1. The van der Waals surface area contributed by atoms with Gasteiger partial charge in [0, 0.05) is 12.6 Å². The number of hydrogen-bond acceptors (Lipinski definition) is 5. The molecule has 0 aromatic heterocycles. The summed E-state index contributed by atoms with van der Waals surface area (Å²) in [5.41, 5.74) is 1.10. The first-order valence-corrected chi connectivity index (χ1v) is 13.3. The number of hydrogen-bond donors (Lipinski definition) is 1. The zero-order valence-corrected chi connectivity index (χ0v) is 21.8. The molecule has 0 spiro atoms. The van der Waals surface area contributed by atoms with Crippen LogP contribution in [0.25, 0.3) is 0 Å². The molecule has 0 radical (unpaired) electrons. The second-order valence-corrected chi connectivity index (χ2v) is 11.6. The maximum Gasteiger partial charge on any atom is 0.261 e. The molecule has 7 nitrogen and oxygen atoms in total. The molecule has 1 aliphatic rings. The Labute approximate surface area is 203 Å². The Morgan fingerprint density at radius 3 is 2.56 bits per heavy atom. The van der Waals surface area contributed by atoms with Crippen molar-refractivity contribution in [1.82, 2.24) is 0 Å². The van der Waals surface area contributed by atoms with Crippen LogP contribution in [-0.2, 0) is 14.8 Å². The topological polar surface area (TPSA) is 84.9 Å². The number of ether oxygens (including phenoxy) is 2. The van der Waals surface area contributed by atoms with Crippen LogP contribution in [-0.4, -0.2) is 34.1 Å². The lowest BCUT2D eigenvalue weighted by Gasteiger charge is -2.28. The molecular formula is C26H36N2O5S. The smallest absolute Gasteiger partial charge is 0.261 e. The van der Waals surface area contributed by atoms with Crippen LogP contribution in [0.4, 0.5) is 11.4 Å². The van der Waals surface area contributed by atoms with Crippen LogP contribution in [0.15, 0.2) is 41.3 Å². The van der Waals surface area contributed by atoms with E-state index in [9.17, 15) is 13.2 Å². The predicted octanol–water partition coefficient (Wildman–Crippen LogP) is 5.38. The highest BCUT2D eigenvalue weighted by Gasteiger charge is 2.37. The molecule has 0 aliphatic carbocycles. The van der Waals surface area contributed by atoms with Crippen molar-refractivity contribution in [2.45, 2.75) is 59.3 Å². The van der Waals surface area contributed by atoms with Gasteiger partial charge in [-0.3, -0.25) is 9.52 Å². The van der Waals surface area contributed by atoms with E-state index in [0.717, 1.165) is 18.4 Å². The summed E-state index contributed by atoms with van der Waals surface area (Å²) < 4.78 is 40.4. The van der Waals surface area contributed by atoms with Gasteiger partial charge in [-0.1, -0.05) is 20.8 Å². The number of amides is 1. The molecule has 0 saturated carbocycles. The van der Waals surface area contributed by atoms with E-state index in [-0.39, 0.29) is 17.4 Å². The summed E-state index contributed by atoms with van der Waals surface area (Å²) in [7, 11) is -3.82. The largest absolute Gasteiger partial charge is 0.493 e. The molecule has 1 aliphatic heterocycles. The van der Waals surface area contributed by atoms with Crippen LogP contribution in [0.1, 0.15) is 53.0 Å². The number of carbonyl (C=O) groups excluding carboxylic acids is 1.